The Morgan fingerprint density at radius 3 is 2.63 bits per heavy atom. The molecule has 6 nitrogen and oxygen atoms in total. The van der Waals surface area contributed by atoms with Crippen molar-refractivity contribution in [1.29, 1.82) is 0 Å². The van der Waals surface area contributed by atoms with Crippen molar-refractivity contribution in [3.63, 3.8) is 0 Å². The average molecular weight is 420 g/mol. The number of oxazole rings is 1. The molecule has 0 N–H and O–H groups in total. The molecule has 1 saturated heterocycles. The summed E-state index contributed by atoms with van der Waals surface area (Å²) in [5.74, 6) is 2.76. The van der Waals surface area contributed by atoms with Crippen LogP contribution in [0.15, 0.2) is 47.0 Å². The normalized spacial score (nSPS) is 15.1. The summed E-state index contributed by atoms with van der Waals surface area (Å²) in [6, 6.07) is 11.4. The lowest BCUT2D eigenvalue weighted by Crippen LogP contribution is -2.34. The van der Waals surface area contributed by atoms with Gasteiger partial charge in [0.25, 0.3) is 0 Å². The van der Waals surface area contributed by atoms with E-state index in [2.05, 4.69) is 26.8 Å². The molecule has 0 spiro atoms. The molecule has 3 aromatic heterocycles. The van der Waals surface area contributed by atoms with E-state index in [1.807, 2.05) is 43.3 Å². The summed E-state index contributed by atoms with van der Waals surface area (Å²) in [6.45, 7) is 5.90. The van der Waals surface area contributed by atoms with Gasteiger partial charge in [0.1, 0.15) is 17.0 Å². The first-order chi connectivity index (χ1) is 14.6. The van der Waals surface area contributed by atoms with Gasteiger partial charge in [0.2, 0.25) is 0 Å². The highest BCUT2D eigenvalue weighted by Gasteiger charge is 2.27. The van der Waals surface area contributed by atoms with Crippen LogP contribution in [0.5, 0.6) is 0 Å². The van der Waals surface area contributed by atoms with Crippen molar-refractivity contribution >= 4 is 28.5 Å². The molecular weight excluding hydrogens is 398 g/mol. The third kappa shape index (κ3) is 3.52. The van der Waals surface area contributed by atoms with Crippen molar-refractivity contribution in [1.82, 2.24) is 19.9 Å². The monoisotopic (exact) mass is 419 g/mol. The number of hydrogen-bond acceptors (Lipinski definition) is 6. The summed E-state index contributed by atoms with van der Waals surface area (Å²) in [6.07, 6.45) is 3.69. The number of halogens is 1. The summed E-state index contributed by atoms with van der Waals surface area (Å²) in [4.78, 5) is 21.0. The van der Waals surface area contributed by atoms with Crippen LogP contribution in [-0.4, -0.2) is 33.0 Å². The molecule has 0 bridgehead atoms. The zero-order chi connectivity index (χ0) is 20.7. The number of rotatable bonds is 3. The van der Waals surface area contributed by atoms with Gasteiger partial charge in [-0.2, -0.15) is 0 Å². The van der Waals surface area contributed by atoms with Crippen LogP contribution in [-0.2, 0) is 0 Å². The van der Waals surface area contributed by atoms with E-state index in [1.54, 1.807) is 6.20 Å². The quantitative estimate of drug-likeness (QED) is 0.446. The van der Waals surface area contributed by atoms with Gasteiger partial charge in [0, 0.05) is 41.5 Å². The lowest BCUT2D eigenvalue weighted by molar-refractivity contribution is 0.406. The lowest BCUT2D eigenvalue weighted by atomic mass is 9.96. The predicted molar refractivity (Wildman–Crippen MR) is 118 cm³/mol. The number of pyridine rings is 1. The Hall–Kier alpha value is -2.99. The number of aromatic nitrogens is 4. The van der Waals surface area contributed by atoms with Crippen LogP contribution in [0.3, 0.4) is 0 Å². The Morgan fingerprint density at radius 1 is 1.03 bits per heavy atom. The molecular formula is C23H22ClN5O. The first-order valence-corrected chi connectivity index (χ1v) is 10.5. The Morgan fingerprint density at radius 2 is 1.87 bits per heavy atom. The molecule has 0 radical (unpaired) electrons. The van der Waals surface area contributed by atoms with Crippen molar-refractivity contribution in [2.75, 3.05) is 18.0 Å². The Balaban J connectivity index is 1.38. The fourth-order valence-electron chi connectivity index (χ4n) is 3.96. The first kappa shape index (κ1) is 19.0. The molecule has 0 amide bonds. The van der Waals surface area contributed by atoms with Gasteiger partial charge in [0.15, 0.2) is 17.3 Å². The van der Waals surface area contributed by atoms with Gasteiger partial charge in [-0.05, 0) is 57.0 Å². The largest absolute Gasteiger partial charge is 0.440 e. The maximum absolute atomic E-state index is 6.08. The van der Waals surface area contributed by atoms with Crippen molar-refractivity contribution in [2.24, 2.45) is 0 Å². The fourth-order valence-corrected chi connectivity index (χ4v) is 4.13. The van der Waals surface area contributed by atoms with Crippen LogP contribution in [0.1, 0.15) is 35.9 Å². The second-order valence-electron chi connectivity index (χ2n) is 7.72. The number of hydrogen-bond donors (Lipinski definition) is 0. The van der Waals surface area contributed by atoms with E-state index >= 15 is 0 Å². The van der Waals surface area contributed by atoms with Crippen molar-refractivity contribution < 1.29 is 4.42 Å². The van der Waals surface area contributed by atoms with Gasteiger partial charge >= 0.3 is 0 Å². The standard InChI is InChI=1S/C23H22ClN5O/c1-14-15(2)26-21(18-5-3-4-10-25-18)28-22(14)29-11-8-16(9-12-29)23-27-19-13-17(24)6-7-20(19)30-23/h3-7,10,13,16H,8-9,11-12H2,1-2H3. The van der Waals surface area contributed by atoms with E-state index in [-0.39, 0.29) is 0 Å². The topological polar surface area (TPSA) is 67.9 Å². The minimum Gasteiger partial charge on any atom is -0.440 e. The highest BCUT2D eigenvalue weighted by molar-refractivity contribution is 6.31. The van der Waals surface area contributed by atoms with E-state index in [1.165, 1.54) is 0 Å². The number of benzene rings is 1. The van der Waals surface area contributed by atoms with Gasteiger partial charge in [-0.25, -0.2) is 15.0 Å². The molecule has 1 aliphatic heterocycles. The molecule has 0 unspecified atom stereocenters. The molecule has 152 valence electrons. The predicted octanol–water partition coefficient (Wildman–Crippen LogP) is 5.33. The molecule has 1 aromatic carbocycles. The maximum Gasteiger partial charge on any atom is 0.198 e. The SMILES string of the molecule is Cc1nc(-c2ccccn2)nc(N2CCC(c3nc4cc(Cl)ccc4o3)CC2)c1C. The zero-order valence-corrected chi connectivity index (χ0v) is 17.7. The number of nitrogens with zero attached hydrogens (tertiary/aromatic N) is 5. The Kier molecular flexibility index (Phi) is 4.87. The summed E-state index contributed by atoms with van der Waals surface area (Å²) >= 11 is 6.08. The highest BCUT2D eigenvalue weighted by Crippen LogP contribution is 2.33. The molecule has 7 heteroatoms. The second kappa shape index (κ2) is 7.69. The average Bonchev–Trinajstić information content (AvgIpc) is 3.19. The van der Waals surface area contributed by atoms with E-state index in [0.29, 0.717) is 16.8 Å². The van der Waals surface area contributed by atoms with Gasteiger partial charge in [-0.3, -0.25) is 4.98 Å². The molecule has 1 fully saturated rings. The highest BCUT2D eigenvalue weighted by atomic mass is 35.5. The molecule has 4 aromatic rings. The third-order valence-corrected chi connectivity index (χ3v) is 6.00. The molecule has 1 aliphatic rings. The van der Waals surface area contributed by atoms with Gasteiger partial charge in [0.05, 0.1) is 0 Å². The summed E-state index contributed by atoms with van der Waals surface area (Å²) in [5.41, 5.74) is 4.51. The number of anilines is 1. The number of piperidine rings is 1. The minimum absolute atomic E-state index is 0.297. The molecule has 30 heavy (non-hydrogen) atoms. The van der Waals surface area contributed by atoms with Crippen LogP contribution in [0, 0.1) is 13.8 Å². The molecule has 0 aliphatic carbocycles. The summed E-state index contributed by atoms with van der Waals surface area (Å²) in [5, 5.41) is 0.676. The maximum atomic E-state index is 6.08. The Labute approximate surface area is 180 Å². The summed E-state index contributed by atoms with van der Waals surface area (Å²) < 4.78 is 6.00. The lowest BCUT2D eigenvalue weighted by Gasteiger charge is -2.32. The van der Waals surface area contributed by atoms with Crippen LogP contribution in [0.2, 0.25) is 5.02 Å². The van der Waals surface area contributed by atoms with Gasteiger partial charge < -0.3 is 9.32 Å². The van der Waals surface area contributed by atoms with Crippen molar-refractivity contribution in [2.45, 2.75) is 32.6 Å². The van der Waals surface area contributed by atoms with Crippen LogP contribution < -0.4 is 4.90 Å². The van der Waals surface area contributed by atoms with Crippen LogP contribution in [0.25, 0.3) is 22.6 Å². The van der Waals surface area contributed by atoms with E-state index < -0.39 is 0 Å². The number of fused-ring (bicyclic) bond motifs is 1. The molecule has 4 heterocycles. The smallest absolute Gasteiger partial charge is 0.198 e. The van der Waals surface area contributed by atoms with Crippen molar-refractivity contribution in [3.05, 3.63) is 64.8 Å². The molecule has 0 saturated carbocycles. The van der Waals surface area contributed by atoms with Gasteiger partial charge in [-0.1, -0.05) is 17.7 Å². The fraction of sp³-hybridized carbons (Fsp3) is 0.304. The van der Waals surface area contributed by atoms with Crippen LogP contribution >= 0.6 is 11.6 Å². The molecule has 5 rings (SSSR count). The van der Waals surface area contributed by atoms with Crippen molar-refractivity contribution in [3.8, 4) is 11.5 Å². The Bertz CT molecular complexity index is 1200. The first-order valence-electron chi connectivity index (χ1n) is 10.2. The van der Waals surface area contributed by atoms with E-state index in [0.717, 1.165) is 65.7 Å². The molecule has 0 atom stereocenters. The zero-order valence-electron chi connectivity index (χ0n) is 17.0. The minimum atomic E-state index is 0.297. The third-order valence-electron chi connectivity index (χ3n) is 5.77. The van der Waals surface area contributed by atoms with E-state index in [9.17, 15) is 0 Å². The van der Waals surface area contributed by atoms with Gasteiger partial charge in [-0.15, -0.1) is 0 Å². The second-order valence-corrected chi connectivity index (χ2v) is 8.16. The van der Waals surface area contributed by atoms with E-state index in [4.69, 9.17) is 21.0 Å². The summed E-state index contributed by atoms with van der Waals surface area (Å²) in [7, 11) is 0. The van der Waals surface area contributed by atoms with Crippen LogP contribution in [0.4, 0.5) is 5.82 Å². The number of aryl methyl sites for hydroxylation is 1.